The normalized spacial score (nSPS) is 10.4. The summed E-state index contributed by atoms with van der Waals surface area (Å²) in [5.74, 6) is 0.357. The van der Waals surface area contributed by atoms with Crippen LogP contribution in [0.3, 0.4) is 0 Å². The zero-order valence-electron chi connectivity index (χ0n) is 6.57. The molecular formula is C8H8N2OS. The summed E-state index contributed by atoms with van der Waals surface area (Å²) in [5.41, 5.74) is 7.32. The number of anilines is 1. The van der Waals surface area contributed by atoms with Crippen LogP contribution in [-0.2, 0) is 0 Å². The maximum atomic E-state index is 5.41. The van der Waals surface area contributed by atoms with Gasteiger partial charge in [0.15, 0.2) is 0 Å². The van der Waals surface area contributed by atoms with E-state index in [2.05, 4.69) is 5.16 Å². The van der Waals surface area contributed by atoms with Crippen molar-refractivity contribution in [3.05, 3.63) is 22.4 Å². The summed E-state index contributed by atoms with van der Waals surface area (Å²) in [6, 6.07) is 3.74. The van der Waals surface area contributed by atoms with Crippen LogP contribution in [0.2, 0.25) is 0 Å². The summed E-state index contributed by atoms with van der Waals surface area (Å²) in [7, 11) is 0. The third-order valence-electron chi connectivity index (χ3n) is 1.66. The van der Waals surface area contributed by atoms with Crippen LogP contribution in [0.15, 0.2) is 22.0 Å². The minimum atomic E-state index is 0.357. The van der Waals surface area contributed by atoms with Crippen LogP contribution in [0.25, 0.3) is 11.3 Å². The first-order valence-corrected chi connectivity index (χ1v) is 4.42. The lowest BCUT2D eigenvalue weighted by molar-refractivity contribution is 0.439. The summed E-state index contributed by atoms with van der Waals surface area (Å²) >= 11 is 1.69. The number of aryl methyl sites for hydroxylation is 1. The molecule has 2 aromatic heterocycles. The molecule has 2 aromatic rings. The highest BCUT2D eigenvalue weighted by molar-refractivity contribution is 7.10. The van der Waals surface area contributed by atoms with Crippen molar-refractivity contribution in [2.45, 2.75) is 6.92 Å². The molecule has 3 nitrogen and oxygen atoms in total. The number of rotatable bonds is 1. The van der Waals surface area contributed by atoms with Gasteiger partial charge in [-0.3, -0.25) is 0 Å². The number of nitrogens with zero attached hydrogens (tertiary/aromatic N) is 1. The minimum Gasteiger partial charge on any atom is -0.368 e. The Morgan fingerprint density at radius 3 is 2.92 bits per heavy atom. The Labute approximate surface area is 73.8 Å². The second-order valence-corrected chi connectivity index (χ2v) is 3.63. The molecule has 0 aliphatic carbocycles. The zero-order valence-corrected chi connectivity index (χ0v) is 7.39. The number of hydrogen-bond acceptors (Lipinski definition) is 4. The summed E-state index contributed by atoms with van der Waals surface area (Å²) < 4.78 is 4.78. The Balaban J connectivity index is 2.50. The smallest absolute Gasteiger partial charge is 0.222 e. The molecule has 0 radical (unpaired) electrons. The fourth-order valence-corrected chi connectivity index (χ4v) is 1.77. The largest absolute Gasteiger partial charge is 0.368 e. The quantitative estimate of drug-likeness (QED) is 0.732. The second-order valence-electron chi connectivity index (χ2n) is 2.50. The Morgan fingerprint density at radius 2 is 2.42 bits per heavy atom. The van der Waals surface area contributed by atoms with Crippen molar-refractivity contribution in [1.82, 2.24) is 5.16 Å². The van der Waals surface area contributed by atoms with E-state index >= 15 is 0 Å². The number of nitrogen functional groups attached to an aromatic ring is 1. The van der Waals surface area contributed by atoms with Crippen molar-refractivity contribution in [3.63, 3.8) is 0 Å². The molecule has 2 rings (SSSR count). The lowest BCUT2D eigenvalue weighted by atomic mass is 10.2. The van der Waals surface area contributed by atoms with Gasteiger partial charge in [-0.05, 0) is 18.4 Å². The number of thiophene rings is 1. The Kier molecular flexibility index (Phi) is 1.62. The van der Waals surface area contributed by atoms with Crippen molar-refractivity contribution in [1.29, 1.82) is 0 Å². The monoisotopic (exact) mass is 180 g/mol. The van der Waals surface area contributed by atoms with E-state index in [1.54, 1.807) is 17.4 Å². The third kappa shape index (κ3) is 1.10. The highest BCUT2D eigenvalue weighted by Gasteiger charge is 2.07. The van der Waals surface area contributed by atoms with Crippen LogP contribution in [0.1, 0.15) is 4.88 Å². The van der Waals surface area contributed by atoms with Crippen LogP contribution < -0.4 is 5.73 Å². The highest BCUT2D eigenvalue weighted by Crippen LogP contribution is 2.27. The first kappa shape index (κ1) is 7.36. The van der Waals surface area contributed by atoms with Crippen LogP contribution >= 0.6 is 11.3 Å². The van der Waals surface area contributed by atoms with Crippen LogP contribution in [-0.4, -0.2) is 5.16 Å². The number of hydrogen-bond donors (Lipinski definition) is 1. The second kappa shape index (κ2) is 2.64. The third-order valence-corrected chi connectivity index (χ3v) is 2.51. The molecule has 12 heavy (non-hydrogen) atoms. The van der Waals surface area contributed by atoms with Gasteiger partial charge in [0.1, 0.15) is 5.69 Å². The molecule has 2 heterocycles. The molecule has 2 N–H and O–H groups in total. The highest BCUT2D eigenvalue weighted by atomic mass is 32.1. The average molecular weight is 180 g/mol. The Hall–Kier alpha value is -1.29. The molecule has 0 aliphatic heterocycles. The van der Waals surface area contributed by atoms with Gasteiger partial charge < -0.3 is 10.3 Å². The molecule has 62 valence electrons. The molecule has 0 amide bonds. The molecular weight excluding hydrogens is 172 g/mol. The van der Waals surface area contributed by atoms with Gasteiger partial charge in [0.25, 0.3) is 0 Å². The molecule has 0 aliphatic rings. The SMILES string of the molecule is Cc1sccc1-c1cc(N)on1. The predicted molar refractivity (Wildman–Crippen MR) is 49.0 cm³/mol. The van der Waals surface area contributed by atoms with E-state index in [0.29, 0.717) is 5.88 Å². The van der Waals surface area contributed by atoms with E-state index in [0.717, 1.165) is 11.3 Å². The van der Waals surface area contributed by atoms with Gasteiger partial charge in [-0.1, -0.05) is 5.16 Å². The number of aromatic nitrogens is 1. The molecule has 0 aromatic carbocycles. The topological polar surface area (TPSA) is 52.0 Å². The summed E-state index contributed by atoms with van der Waals surface area (Å²) in [6.45, 7) is 2.05. The van der Waals surface area contributed by atoms with Gasteiger partial charge in [0.05, 0.1) is 0 Å². The van der Waals surface area contributed by atoms with Crippen molar-refractivity contribution < 1.29 is 4.52 Å². The average Bonchev–Trinajstić information content (AvgIpc) is 2.58. The van der Waals surface area contributed by atoms with E-state index in [-0.39, 0.29) is 0 Å². The zero-order chi connectivity index (χ0) is 8.55. The molecule has 0 bridgehead atoms. The molecule has 0 spiro atoms. The first-order valence-electron chi connectivity index (χ1n) is 3.54. The van der Waals surface area contributed by atoms with E-state index in [1.165, 1.54) is 4.88 Å². The van der Waals surface area contributed by atoms with Crippen LogP contribution in [0.4, 0.5) is 5.88 Å². The van der Waals surface area contributed by atoms with E-state index in [9.17, 15) is 0 Å². The van der Waals surface area contributed by atoms with Gasteiger partial charge in [-0.25, -0.2) is 0 Å². The van der Waals surface area contributed by atoms with Gasteiger partial charge >= 0.3 is 0 Å². The maximum Gasteiger partial charge on any atom is 0.222 e. The molecule has 0 fully saturated rings. The Morgan fingerprint density at radius 1 is 1.58 bits per heavy atom. The fourth-order valence-electron chi connectivity index (χ4n) is 1.07. The van der Waals surface area contributed by atoms with E-state index in [1.807, 2.05) is 18.4 Å². The van der Waals surface area contributed by atoms with Gasteiger partial charge in [0, 0.05) is 16.5 Å². The molecule has 0 saturated heterocycles. The summed E-state index contributed by atoms with van der Waals surface area (Å²) in [6.07, 6.45) is 0. The Bertz CT molecular complexity index is 391. The standard InChI is InChI=1S/C8H8N2OS/c1-5-6(2-3-12-5)7-4-8(9)11-10-7/h2-4H,9H2,1H3. The lowest BCUT2D eigenvalue weighted by Gasteiger charge is -1.89. The first-order chi connectivity index (χ1) is 5.77. The summed E-state index contributed by atoms with van der Waals surface area (Å²) in [5, 5.41) is 5.85. The molecule has 0 unspecified atom stereocenters. The predicted octanol–water partition coefficient (Wildman–Crippen LogP) is 2.29. The van der Waals surface area contributed by atoms with Crippen molar-refractivity contribution in [2.75, 3.05) is 5.73 Å². The molecule has 0 saturated carbocycles. The molecule has 4 heteroatoms. The summed E-state index contributed by atoms with van der Waals surface area (Å²) in [4.78, 5) is 1.23. The van der Waals surface area contributed by atoms with Crippen molar-refractivity contribution >= 4 is 17.2 Å². The van der Waals surface area contributed by atoms with Crippen molar-refractivity contribution in [2.24, 2.45) is 0 Å². The lowest BCUT2D eigenvalue weighted by Crippen LogP contribution is -1.76. The van der Waals surface area contributed by atoms with Crippen molar-refractivity contribution in [3.8, 4) is 11.3 Å². The molecule has 0 atom stereocenters. The van der Waals surface area contributed by atoms with E-state index < -0.39 is 0 Å². The van der Waals surface area contributed by atoms with E-state index in [4.69, 9.17) is 10.3 Å². The van der Waals surface area contributed by atoms with Gasteiger partial charge in [0.2, 0.25) is 5.88 Å². The van der Waals surface area contributed by atoms with Crippen LogP contribution in [0, 0.1) is 6.92 Å². The van der Waals surface area contributed by atoms with Gasteiger partial charge in [-0.15, -0.1) is 11.3 Å². The van der Waals surface area contributed by atoms with Crippen LogP contribution in [0.5, 0.6) is 0 Å². The maximum absolute atomic E-state index is 5.41. The fraction of sp³-hybridized carbons (Fsp3) is 0.125. The van der Waals surface area contributed by atoms with Gasteiger partial charge in [-0.2, -0.15) is 0 Å². The minimum absolute atomic E-state index is 0.357. The number of nitrogens with two attached hydrogens (primary N) is 1.